The summed E-state index contributed by atoms with van der Waals surface area (Å²) >= 11 is 0. The summed E-state index contributed by atoms with van der Waals surface area (Å²) in [4.78, 5) is 16.6. The van der Waals surface area contributed by atoms with Crippen LogP contribution in [0.25, 0.3) is 16.7 Å². The molecule has 0 amide bonds. The highest BCUT2D eigenvalue weighted by atomic mass is 16.5. The van der Waals surface area contributed by atoms with Crippen LogP contribution in [0.3, 0.4) is 0 Å². The Morgan fingerprint density at radius 1 is 1.42 bits per heavy atom. The van der Waals surface area contributed by atoms with E-state index in [9.17, 15) is 4.79 Å². The smallest absolute Gasteiger partial charge is 0.337 e. The van der Waals surface area contributed by atoms with Gasteiger partial charge in [-0.3, -0.25) is 9.36 Å². The summed E-state index contributed by atoms with van der Waals surface area (Å²) in [7, 11) is 1.49. The van der Waals surface area contributed by atoms with Gasteiger partial charge in [0.05, 0.1) is 18.0 Å². The average Bonchev–Trinajstić information content (AvgIpc) is 2.88. The van der Waals surface area contributed by atoms with Crippen molar-refractivity contribution in [3.05, 3.63) is 47.3 Å². The van der Waals surface area contributed by atoms with Gasteiger partial charge in [-0.1, -0.05) is 18.2 Å². The highest BCUT2D eigenvalue weighted by Gasteiger charge is 2.14. The molecule has 6 nitrogen and oxygen atoms in total. The Morgan fingerprint density at radius 3 is 2.95 bits per heavy atom. The number of fused-ring (bicyclic) bond motifs is 3. The predicted molar refractivity (Wildman–Crippen MR) is 71.5 cm³/mol. The first-order valence-electron chi connectivity index (χ1n) is 5.79. The quantitative estimate of drug-likeness (QED) is 0.661. The molecule has 3 rings (SSSR count). The number of hydrogen-bond acceptors (Lipinski definition) is 4. The Hall–Kier alpha value is -2.63. The first-order chi connectivity index (χ1) is 9.26. The third kappa shape index (κ3) is 1.61. The summed E-state index contributed by atoms with van der Waals surface area (Å²) in [5.74, 6) is 0.445. The van der Waals surface area contributed by atoms with E-state index in [1.807, 2.05) is 18.2 Å². The zero-order valence-electron chi connectivity index (χ0n) is 10.4. The molecule has 0 N–H and O–H groups in total. The van der Waals surface area contributed by atoms with E-state index in [2.05, 4.69) is 16.7 Å². The van der Waals surface area contributed by atoms with Crippen LogP contribution in [0, 0.1) is 0 Å². The van der Waals surface area contributed by atoms with Gasteiger partial charge in [0.25, 0.3) is 5.56 Å². The SMILES string of the molecule is C=CCn1c(=O)c2ccccc2n2nc(OC)nc12. The van der Waals surface area contributed by atoms with E-state index >= 15 is 0 Å². The van der Waals surface area contributed by atoms with Gasteiger partial charge in [0.15, 0.2) is 0 Å². The lowest BCUT2D eigenvalue weighted by Gasteiger charge is -2.06. The van der Waals surface area contributed by atoms with Crippen LogP contribution in [-0.2, 0) is 6.54 Å². The van der Waals surface area contributed by atoms with Gasteiger partial charge >= 0.3 is 6.01 Å². The van der Waals surface area contributed by atoms with Gasteiger partial charge in [-0.05, 0) is 12.1 Å². The molecule has 0 aliphatic rings. The summed E-state index contributed by atoms with van der Waals surface area (Å²) in [6.07, 6.45) is 1.65. The van der Waals surface area contributed by atoms with Crippen LogP contribution in [0.1, 0.15) is 0 Å². The van der Waals surface area contributed by atoms with Crippen molar-refractivity contribution in [2.24, 2.45) is 0 Å². The average molecular weight is 256 g/mol. The largest absolute Gasteiger partial charge is 0.466 e. The van der Waals surface area contributed by atoms with Crippen LogP contribution in [0.2, 0.25) is 0 Å². The van der Waals surface area contributed by atoms with Gasteiger partial charge in [0.1, 0.15) is 0 Å². The number of methoxy groups -OCH3 is 1. The van der Waals surface area contributed by atoms with Crippen molar-refractivity contribution in [2.75, 3.05) is 7.11 Å². The van der Waals surface area contributed by atoms with E-state index < -0.39 is 0 Å². The third-order valence-electron chi connectivity index (χ3n) is 2.91. The minimum atomic E-state index is -0.113. The molecule has 0 aliphatic carbocycles. The zero-order chi connectivity index (χ0) is 13.4. The highest BCUT2D eigenvalue weighted by molar-refractivity contribution is 5.79. The number of rotatable bonds is 3. The predicted octanol–water partition coefficient (Wildman–Crippen LogP) is 1.24. The number of allylic oxidation sites excluding steroid dienone is 1. The molecule has 2 heterocycles. The van der Waals surface area contributed by atoms with Gasteiger partial charge in [-0.25, -0.2) is 0 Å². The van der Waals surface area contributed by atoms with Crippen LogP contribution >= 0.6 is 0 Å². The fraction of sp³-hybridized carbons (Fsp3) is 0.154. The molecule has 0 radical (unpaired) electrons. The number of aromatic nitrogens is 4. The maximum absolute atomic E-state index is 12.4. The van der Waals surface area contributed by atoms with Gasteiger partial charge in [-0.2, -0.15) is 9.50 Å². The van der Waals surface area contributed by atoms with Crippen LogP contribution < -0.4 is 10.3 Å². The lowest BCUT2D eigenvalue weighted by atomic mass is 10.2. The molecule has 1 aromatic carbocycles. The first-order valence-corrected chi connectivity index (χ1v) is 5.79. The topological polar surface area (TPSA) is 61.4 Å². The van der Waals surface area contributed by atoms with Gasteiger partial charge < -0.3 is 4.74 Å². The zero-order valence-corrected chi connectivity index (χ0v) is 10.4. The molecule has 0 saturated heterocycles. The van der Waals surface area contributed by atoms with Crippen molar-refractivity contribution < 1.29 is 4.74 Å². The fourth-order valence-electron chi connectivity index (χ4n) is 2.08. The second-order valence-corrected chi connectivity index (χ2v) is 4.03. The molecule has 0 spiro atoms. The summed E-state index contributed by atoms with van der Waals surface area (Å²) in [5, 5.41) is 4.82. The number of nitrogens with zero attached hydrogens (tertiary/aromatic N) is 4. The Bertz CT molecular complexity index is 832. The summed E-state index contributed by atoms with van der Waals surface area (Å²) in [6.45, 7) is 4.03. The number of para-hydroxylation sites is 1. The fourth-order valence-corrected chi connectivity index (χ4v) is 2.08. The van der Waals surface area contributed by atoms with E-state index in [-0.39, 0.29) is 11.6 Å². The summed E-state index contributed by atoms with van der Waals surface area (Å²) in [5.41, 5.74) is 0.594. The molecule has 3 aromatic rings. The standard InChI is InChI=1S/C13H12N4O2/c1-3-8-16-11(18)9-6-4-5-7-10(9)17-13(16)14-12(15-17)19-2/h3-7H,1,8H2,2H3. The van der Waals surface area contributed by atoms with E-state index in [1.165, 1.54) is 11.7 Å². The minimum Gasteiger partial charge on any atom is -0.466 e. The Labute approximate surface area is 108 Å². The Morgan fingerprint density at radius 2 is 2.21 bits per heavy atom. The Kier molecular flexibility index (Phi) is 2.56. The van der Waals surface area contributed by atoms with Crippen LogP contribution in [0.15, 0.2) is 41.7 Å². The van der Waals surface area contributed by atoms with Crippen molar-refractivity contribution in [2.45, 2.75) is 6.54 Å². The molecule has 19 heavy (non-hydrogen) atoms. The maximum atomic E-state index is 12.4. The van der Waals surface area contributed by atoms with E-state index in [0.29, 0.717) is 23.2 Å². The molecule has 0 aliphatic heterocycles. The highest BCUT2D eigenvalue weighted by Crippen LogP contribution is 2.14. The van der Waals surface area contributed by atoms with Gasteiger partial charge in [0, 0.05) is 6.54 Å². The Balaban J connectivity index is 2.55. The van der Waals surface area contributed by atoms with Crippen molar-refractivity contribution in [3.8, 4) is 6.01 Å². The van der Waals surface area contributed by atoms with E-state index in [0.717, 1.165) is 0 Å². The maximum Gasteiger partial charge on any atom is 0.337 e. The minimum absolute atomic E-state index is 0.113. The third-order valence-corrected chi connectivity index (χ3v) is 2.91. The summed E-state index contributed by atoms with van der Waals surface area (Å²) in [6, 6.07) is 7.50. The molecule has 0 bridgehead atoms. The van der Waals surface area contributed by atoms with Crippen molar-refractivity contribution in [1.29, 1.82) is 0 Å². The summed E-state index contributed by atoms with van der Waals surface area (Å²) < 4.78 is 8.17. The normalized spacial score (nSPS) is 11.0. The second-order valence-electron chi connectivity index (χ2n) is 4.03. The molecule has 0 saturated carbocycles. The van der Waals surface area contributed by atoms with Crippen molar-refractivity contribution in [1.82, 2.24) is 19.2 Å². The van der Waals surface area contributed by atoms with Gasteiger partial charge in [-0.15, -0.1) is 11.7 Å². The molecule has 0 atom stereocenters. The van der Waals surface area contributed by atoms with Crippen molar-refractivity contribution in [3.63, 3.8) is 0 Å². The molecular weight excluding hydrogens is 244 g/mol. The molecule has 0 unspecified atom stereocenters. The lowest BCUT2D eigenvalue weighted by Crippen LogP contribution is -2.22. The second kappa shape index (κ2) is 4.24. The number of ether oxygens (including phenoxy) is 1. The van der Waals surface area contributed by atoms with Gasteiger partial charge in [0.2, 0.25) is 5.78 Å². The van der Waals surface area contributed by atoms with E-state index in [1.54, 1.807) is 16.7 Å². The molecule has 2 aromatic heterocycles. The number of hydrogen-bond donors (Lipinski definition) is 0. The van der Waals surface area contributed by atoms with Crippen LogP contribution in [0.5, 0.6) is 6.01 Å². The molecule has 96 valence electrons. The van der Waals surface area contributed by atoms with Crippen molar-refractivity contribution >= 4 is 16.7 Å². The monoisotopic (exact) mass is 256 g/mol. The van der Waals surface area contributed by atoms with Crippen LogP contribution in [0.4, 0.5) is 0 Å². The van der Waals surface area contributed by atoms with Crippen LogP contribution in [-0.4, -0.2) is 26.3 Å². The lowest BCUT2D eigenvalue weighted by molar-refractivity contribution is 0.381. The van der Waals surface area contributed by atoms with E-state index in [4.69, 9.17) is 4.74 Å². The number of benzene rings is 1. The molecular formula is C13H12N4O2. The first kappa shape index (κ1) is 11.5. The molecule has 6 heteroatoms. The molecule has 0 fully saturated rings.